The first-order valence-electron chi connectivity index (χ1n) is 8.65. The number of halogens is 1. The van der Waals surface area contributed by atoms with Gasteiger partial charge in [-0.1, -0.05) is 0 Å². The van der Waals surface area contributed by atoms with Crippen molar-refractivity contribution in [2.75, 3.05) is 19.0 Å². The lowest BCUT2D eigenvalue weighted by Crippen LogP contribution is -2.18. The zero-order valence-electron chi connectivity index (χ0n) is 13.9. The molecule has 1 aliphatic carbocycles. The minimum atomic E-state index is -3.23. The van der Waals surface area contributed by atoms with Crippen LogP contribution in [0.15, 0.2) is 24.3 Å². The number of hydrogen-bond donors (Lipinski definition) is 0. The highest BCUT2D eigenvalue weighted by Gasteiger charge is 2.29. The number of rotatable bonds is 5. The fourth-order valence-electron chi connectivity index (χ4n) is 3.77. The van der Waals surface area contributed by atoms with Gasteiger partial charge in [-0.15, -0.1) is 0 Å². The van der Waals surface area contributed by atoms with E-state index in [1.54, 1.807) is 16.8 Å². The molecule has 2 aliphatic rings. The van der Waals surface area contributed by atoms with Crippen molar-refractivity contribution in [3.63, 3.8) is 0 Å². The van der Waals surface area contributed by atoms with Crippen LogP contribution in [-0.2, 0) is 33.2 Å². The summed E-state index contributed by atoms with van der Waals surface area (Å²) in [6.07, 6.45) is 3.53. The Morgan fingerprint density at radius 2 is 2.04 bits per heavy atom. The van der Waals surface area contributed by atoms with Gasteiger partial charge >= 0.3 is 0 Å². The maximum Gasteiger partial charge on any atom is 0.156 e. The molecule has 2 heterocycles. The highest BCUT2D eigenvalue weighted by atomic mass is 32.2. The molecule has 1 aromatic heterocycles. The Morgan fingerprint density at radius 1 is 1.24 bits per heavy atom. The number of nitrogens with zero attached hydrogens (tertiary/aromatic N) is 2. The van der Waals surface area contributed by atoms with Gasteiger partial charge in [0.1, 0.15) is 5.82 Å². The quantitative estimate of drug-likeness (QED) is 0.818. The summed E-state index contributed by atoms with van der Waals surface area (Å²) in [4.78, 5) is 0. The Balaban J connectivity index is 1.62. The second-order valence-corrected chi connectivity index (χ2v) is 9.01. The van der Waals surface area contributed by atoms with Crippen LogP contribution in [0.2, 0.25) is 0 Å². The first-order valence-corrected chi connectivity index (χ1v) is 10.5. The number of aromatic nitrogens is 2. The number of hydrogen-bond acceptors (Lipinski definition) is 4. The molecule has 1 aliphatic heterocycles. The Labute approximate surface area is 146 Å². The number of sulfone groups is 1. The van der Waals surface area contributed by atoms with Crippen LogP contribution < -0.4 is 0 Å². The van der Waals surface area contributed by atoms with Gasteiger partial charge in [0.15, 0.2) is 9.84 Å². The largest absolute Gasteiger partial charge is 0.381 e. The predicted octanol–water partition coefficient (Wildman–Crippen LogP) is 2.45. The zero-order chi connectivity index (χ0) is 17.4. The van der Waals surface area contributed by atoms with Gasteiger partial charge in [0, 0.05) is 12.3 Å². The van der Waals surface area contributed by atoms with E-state index in [0.29, 0.717) is 18.9 Å². The van der Waals surface area contributed by atoms with Crippen molar-refractivity contribution in [3.8, 4) is 5.69 Å². The summed E-state index contributed by atoms with van der Waals surface area (Å²) in [5.41, 5.74) is 3.53. The van der Waals surface area contributed by atoms with Crippen LogP contribution in [0.3, 0.4) is 0 Å². The molecule has 0 saturated carbocycles. The summed E-state index contributed by atoms with van der Waals surface area (Å²) in [6, 6.07) is 6.15. The lowest BCUT2D eigenvalue weighted by molar-refractivity contribution is 0.188. The van der Waals surface area contributed by atoms with Gasteiger partial charge in [0.2, 0.25) is 0 Å². The summed E-state index contributed by atoms with van der Waals surface area (Å²) >= 11 is 0. The molecule has 4 rings (SSSR count). The second kappa shape index (κ2) is 6.53. The first kappa shape index (κ1) is 16.7. The molecule has 1 atom stereocenters. The summed E-state index contributed by atoms with van der Waals surface area (Å²) in [7, 11) is -3.23. The molecule has 5 nitrogen and oxygen atoms in total. The van der Waals surface area contributed by atoms with Gasteiger partial charge in [-0.2, -0.15) is 5.10 Å². The van der Waals surface area contributed by atoms with Gasteiger partial charge in [-0.3, -0.25) is 0 Å². The van der Waals surface area contributed by atoms with Crippen LogP contribution in [0, 0.1) is 11.7 Å². The molecule has 0 N–H and O–H groups in total. The third kappa shape index (κ3) is 3.48. The topological polar surface area (TPSA) is 61.2 Å². The normalized spacial score (nSPS) is 20.1. The molecule has 2 aromatic rings. The lowest BCUT2D eigenvalue weighted by atomic mass is 10.2. The fourth-order valence-corrected chi connectivity index (χ4v) is 5.51. The van der Waals surface area contributed by atoms with E-state index in [0.717, 1.165) is 42.6 Å². The van der Waals surface area contributed by atoms with E-state index in [-0.39, 0.29) is 23.2 Å². The molecule has 1 fully saturated rings. The Kier molecular flexibility index (Phi) is 4.37. The molecular weight excluding hydrogens is 343 g/mol. The monoisotopic (exact) mass is 364 g/mol. The van der Waals surface area contributed by atoms with E-state index >= 15 is 0 Å². The third-order valence-corrected chi connectivity index (χ3v) is 6.65. The molecule has 0 bridgehead atoms. The van der Waals surface area contributed by atoms with Crippen LogP contribution in [0.4, 0.5) is 4.39 Å². The molecular formula is C18H21FN2O3S. The van der Waals surface area contributed by atoms with E-state index in [9.17, 15) is 12.8 Å². The molecule has 1 aromatic carbocycles. The first-order chi connectivity index (χ1) is 12.0. The molecule has 0 spiro atoms. The van der Waals surface area contributed by atoms with Gasteiger partial charge in [0.25, 0.3) is 0 Å². The van der Waals surface area contributed by atoms with Crippen LogP contribution in [0.5, 0.6) is 0 Å². The number of fused-ring (bicyclic) bond motifs is 1. The molecule has 134 valence electrons. The van der Waals surface area contributed by atoms with Crippen LogP contribution in [0.1, 0.15) is 29.8 Å². The molecule has 0 amide bonds. The minimum Gasteiger partial charge on any atom is -0.381 e. The minimum absolute atomic E-state index is 0.0277. The van der Waals surface area contributed by atoms with Gasteiger partial charge < -0.3 is 4.74 Å². The average Bonchev–Trinajstić information content (AvgIpc) is 3.27. The SMILES string of the molecule is O=S(=O)(Cc1nn(-c2ccc(F)cc2)c2c1CCC2)CC1CCOC1. The fraction of sp³-hybridized carbons (Fsp3) is 0.500. The standard InChI is InChI=1S/C18H21FN2O3S/c19-14-4-6-15(7-5-14)21-18-3-1-2-16(18)17(20-21)12-25(22,23)11-13-8-9-24-10-13/h4-7,13H,1-3,8-12H2. The summed E-state index contributed by atoms with van der Waals surface area (Å²) in [5.74, 6) is -0.0723. The van der Waals surface area contributed by atoms with E-state index in [4.69, 9.17) is 4.74 Å². The van der Waals surface area contributed by atoms with Crippen molar-refractivity contribution in [2.45, 2.75) is 31.4 Å². The Morgan fingerprint density at radius 3 is 2.76 bits per heavy atom. The maximum atomic E-state index is 13.2. The van der Waals surface area contributed by atoms with Crippen LogP contribution >= 0.6 is 0 Å². The van der Waals surface area contributed by atoms with Crippen molar-refractivity contribution in [1.82, 2.24) is 9.78 Å². The molecule has 0 radical (unpaired) electrons. The van der Waals surface area contributed by atoms with E-state index in [1.165, 1.54) is 12.1 Å². The van der Waals surface area contributed by atoms with Crippen LogP contribution in [0.25, 0.3) is 5.69 Å². The molecule has 1 unspecified atom stereocenters. The van der Waals surface area contributed by atoms with Crippen molar-refractivity contribution < 1.29 is 17.5 Å². The highest BCUT2D eigenvalue weighted by Crippen LogP contribution is 2.29. The van der Waals surface area contributed by atoms with Crippen molar-refractivity contribution in [3.05, 3.63) is 47.0 Å². The zero-order valence-corrected chi connectivity index (χ0v) is 14.8. The molecule has 1 saturated heterocycles. The van der Waals surface area contributed by atoms with E-state index in [1.807, 2.05) is 0 Å². The molecule has 7 heteroatoms. The van der Waals surface area contributed by atoms with E-state index in [2.05, 4.69) is 5.10 Å². The van der Waals surface area contributed by atoms with Gasteiger partial charge in [0.05, 0.1) is 29.5 Å². The highest BCUT2D eigenvalue weighted by molar-refractivity contribution is 7.90. The number of benzene rings is 1. The summed E-state index contributed by atoms with van der Waals surface area (Å²) < 4.78 is 45.4. The molecule has 25 heavy (non-hydrogen) atoms. The lowest BCUT2D eigenvalue weighted by Gasteiger charge is -2.08. The van der Waals surface area contributed by atoms with Gasteiger partial charge in [-0.05, 0) is 61.4 Å². The average molecular weight is 364 g/mol. The Hall–Kier alpha value is -1.73. The summed E-state index contributed by atoms with van der Waals surface area (Å²) in [5, 5.41) is 4.58. The van der Waals surface area contributed by atoms with Crippen molar-refractivity contribution >= 4 is 9.84 Å². The Bertz CT molecular complexity index is 868. The summed E-state index contributed by atoms with van der Waals surface area (Å²) in [6.45, 7) is 1.18. The van der Waals surface area contributed by atoms with Crippen molar-refractivity contribution in [2.24, 2.45) is 5.92 Å². The van der Waals surface area contributed by atoms with Gasteiger partial charge in [-0.25, -0.2) is 17.5 Å². The van der Waals surface area contributed by atoms with Crippen LogP contribution in [-0.4, -0.2) is 37.2 Å². The third-order valence-electron chi connectivity index (χ3n) is 4.95. The smallest absolute Gasteiger partial charge is 0.156 e. The second-order valence-electron chi connectivity index (χ2n) is 6.90. The maximum absolute atomic E-state index is 13.2. The van der Waals surface area contributed by atoms with Crippen molar-refractivity contribution in [1.29, 1.82) is 0 Å². The van der Waals surface area contributed by atoms with E-state index < -0.39 is 9.84 Å². The number of ether oxygens (including phenoxy) is 1. The predicted molar refractivity (Wildman–Crippen MR) is 92.0 cm³/mol.